The first kappa shape index (κ1) is 15.1. The molecule has 0 saturated heterocycles. The van der Waals surface area contributed by atoms with E-state index < -0.39 is 11.7 Å². The molecule has 0 aliphatic carbocycles. The molecule has 1 aromatic carbocycles. The van der Waals surface area contributed by atoms with Crippen LogP contribution in [0.4, 0.5) is 25.1 Å². The van der Waals surface area contributed by atoms with Crippen molar-refractivity contribution in [1.29, 1.82) is 0 Å². The second-order valence-corrected chi connectivity index (χ2v) is 4.40. The zero-order valence-electron chi connectivity index (χ0n) is 11.7. The number of halogens is 3. The van der Waals surface area contributed by atoms with Gasteiger partial charge in [0.2, 0.25) is 11.9 Å². The van der Waals surface area contributed by atoms with Gasteiger partial charge in [0.25, 0.3) is 0 Å². The molecule has 0 amide bonds. The van der Waals surface area contributed by atoms with Gasteiger partial charge in [0.1, 0.15) is 0 Å². The van der Waals surface area contributed by atoms with Gasteiger partial charge in [0.05, 0.1) is 11.3 Å². The number of nitrogens with two attached hydrogens (primary N) is 1. The standard InChI is InChI=1S/C13H16F3N5/c1-3-20(4-2)12-18-11(17)21(19-12)10-7-5-9(6-8-10)13(14,15)16/h5-8H,3-4H2,1-2H3,(H2,17,18,19). The number of nitrogen functional groups attached to an aromatic ring is 1. The summed E-state index contributed by atoms with van der Waals surface area (Å²) in [6.45, 7) is 5.34. The van der Waals surface area contributed by atoms with Crippen LogP contribution in [0, 0.1) is 0 Å². The summed E-state index contributed by atoms with van der Waals surface area (Å²) < 4.78 is 38.9. The van der Waals surface area contributed by atoms with Crippen LogP contribution in [0.2, 0.25) is 0 Å². The van der Waals surface area contributed by atoms with Crippen LogP contribution in [0.15, 0.2) is 24.3 Å². The molecule has 8 heteroatoms. The number of hydrogen-bond donors (Lipinski definition) is 1. The normalized spacial score (nSPS) is 11.7. The highest BCUT2D eigenvalue weighted by atomic mass is 19.4. The number of hydrogen-bond acceptors (Lipinski definition) is 4. The summed E-state index contributed by atoms with van der Waals surface area (Å²) in [5.74, 6) is 0.592. The molecule has 0 saturated carbocycles. The molecule has 5 nitrogen and oxygen atoms in total. The first-order chi connectivity index (χ1) is 9.86. The van der Waals surface area contributed by atoms with Crippen LogP contribution >= 0.6 is 0 Å². The van der Waals surface area contributed by atoms with Crippen LogP contribution in [0.1, 0.15) is 19.4 Å². The molecule has 2 rings (SSSR count). The largest absolute Gasteiger partial charge is 0.416 e. The summed E-state index contributed by atoms with van der Waals surface area (Å²) in [5, 5.41) is 4.24. The van der Waals surface area contributed by atoms with Gasteiger partial charge in [-0.3, -0.25) is 0 Å². The van der Waals surface area contributed by atoms with Crippen molar-refractivity contribution >= 4 is 11.9 Å². The van der Waals surface area contributed by atoms with E-state index >= 15 is 0 Å². The maximum absolute atomic E-state index is 12.5. The average molecular weight is 299 g/mol. The number of aromatic nitrogens is 3. The monoisotopic (exact) mass is 299 g/mol. The first-order valence-corrected chi connectivity index (χ1v) is 6.52. The number of rotatable bonds is 4. The Labute approximate surface area is 120 Å². The fourth-order valence-electron chi connectivity index (χ4n) is 1.93. The van der Waals surface area contributed by atoms with Crippen LogP contribution in [-0.4, -0.2) is 27.9 Å². The van der Waals surface area contributed by atoms with Crippen molar-refractivity contribution < 1.29 is 13.2 Å². The van der Waals surface area contributed by atoms with Crippen LogP contribution in [0.3, 0.4) is 0 Å². The lowest BCUT2D eigenvalue weighted by Gasteiger charge is -2.15. The third-order valence-corrected chi connectivity index (χ3v) is 3.11. The molecule has 2 N–H and O–H groups in total. The van der Waals surface area contributed by atoms with E-state index in [9.17, 15) is 13.2 Å². The molecule has 21 heavy (non-hydrogen) atoms. The van der Waals surface area contributed by atoms with Gasteiger partial charge >= 0.3 is 6.18 Å². The molecule has 0 spiro atoms. The highest BCUT2D eigenvalue weighted by Gasteiger charge is 2.30. The molecule has 114 valence electrons. The maximum Gasteiger partial charge on any atom is 0.416 e. The van der Waals surface area contributed by atoms with Crippen LogP contribution < -0.4 is 10.6 Å². The smallest absolute Gasteiger partial charge is 0.368 e. The fourth-order valence-corrected chi connectivity index (χ4v) is 1.93. The van der Waals surface area contributed by atoms with Crippen molar-refractivity contribution in [3.63, 3.8) is 0 Å². The van der Waals surface area contributed by atoms with Crippen molar-refractivity contribution in [2.75, 3.05) is 23.7 Å². The zero-order valence-corrected chi connectivity index (χ0v) is 11.7. The lowest BCUT2D eigenvalue weighted by atomic mass is 10.2. The Bertz CT molecular complexity index is 599. The second-order valence-electron chi connectivity index (χ2n) is 4.40. The third-order valence-electron chi connectivity index (χ3n) is 3.11. The Balaban J connectivity index is 2.34. The number of nitrogens with zero attached hydrogens (tertiary/aromatic N) is 4. The van der Waals surface area contributed by atoms with Gasteiger partial charge < -0.3 is 10.6 Å². The van der Waals surface area contributed by atoms with Crippen LogP contribution in [0.5, 0.6) is 0 Å². The predicted octanol–water partition coefficient (Wildman–Crippen LogP) is 2.71. The molecule has 0 atom stereocenters. The SMILES string of the molecule is CCN(CC)c1nc(N)n(-c2ccc(C(F)(F)F)cc2)n1. The predicted molar refractivity (Wildman–Crippen MR) is 74.3 cm³/mol. The zero-order chi connectivity index (χ0) is 15.6. The van der Waals surface area contributed by atoms with Gasteiger partial charge in [0, 0.05) is 13.1 Å². The molecule has 0 aliphatic heterocycles. The summed E-state index contributed by atoms with van der Waals surface area (Å²) in [6, 6.07) is 4.63. The Morgan fingerprint density at radius 1 is 1.14 bits per heavy atom. The number of benzene rings is 1. The third kappa shape index (κ3) is 3.09. The first-order valence-electron chi connectivity index (χ1n) is 6.52. The summed E-state index contributed by atoms with van der Waals surface area (Å²) in [5.41, 5.74) is 5.51. The summed E-state index contributed by atoms with van der Waals surface area (Å²) >= 11 is 0. The molecule has 0 radical (unpaired) electrons. The topological polar surface area (TPSA) is 60.0 Å². The molecule has 0 fully saturated rings. The minimum absolute atomic E-state index is 0.136. The van der Waals surface area contributed by atoms with Crippen molar-refractivity contribution in [3.05, 3.63) is 29.8 Å². The Hall–Kier alpha value is -2.25. The molecule has 0 aliphatic rings. The summed E-state index contributed by atoms with van der Waals surface area (Å²) in [6.07, 6.45) is -4.36. The van der Waals surface area contributed by atoms with E-state index in [-0.39, 0.29) is 5.95 Å². The van der Waals surface area contributed by atoms with Gasteiger partial charge in [-0.05, 0) is 38.1 Å². The van der Waals surface area contributed by atoms with Gasteiger partial charge in [0.15, 0.2) is 0 Å². The Morgan fingerprint density at radius 3 is 2.19 bits per heavy atom. The van der Waals surface area contributed by atoms with Gasteiger partial charge in [-0.1, -0.05) is 0 Å². The highest BCUT2D eigenvalue weighted by Crippen LogP contribution is 2.29. The lowest BCUT2D eigenvalue weighted by Crippen LogP contribution is -2.23. The highest BCUT2D eigenvalue weighted by molar-refractivity contribution is 5.44. The minimum Gasteiger partial charge on any atom is -0.368 e. The maximum atomic E-state index is 12.5. The van der Waals surface area contributed by atoms with Gasteiger partial charge in [-0.15, -0.1) is 5.10 Å². The van der Waals surface area contributed by atoms with E-state index in [2.05, 4.69) is 10.1 Å². The lowest BCUT2D eigenvalue weighted by molar-refractivity contribution is -0.137. The molecule has 0 bridgehead atoms. The van der Waals surface area contributed by atoms with Crippen molar-refractivity contribution in [1.82, 2.24) is 14.8 Å². The van der Waals surface area contributed by atoms with E-state index in [0.29, 0.717) is 24.7 Å². The quantitative estimate of drug-likeness (QED) is 0.943. The van der Waals surface area contributed by atoms with E-state index in [1.54, 1.807) is 0 Å². The Kier molecular flexibility index (Phi) is 4.06. The van der Waals surface area contributed by atoms with Crippen LogP contribution in [-0.2, 0) is 6.18 Å². The Morgan fingerprint density at radius 2 is 1.71 bits per heavy atom. The summed E-state index contributed by atoms with van der Waals surface area (Å²) in [4.78, 5) is 6.03. The molecule has 2 aromatic rings. The van der Waals surface area contributed by atoms with Gasteiger partial charge in [-0.25, -0.2) is 0 Å². The molecule has 1 heterocycles. The van der Waals surface area contributed by atoms with Crippen molar-refractivity contribution in [3.8, 4) is 5.69 Å². The fraction of sp³-hybridized carbons (Fsp3) is 0.385. The second kappa shape index (κ2) is 5.63. The van der Waals surface area contributed by atoms with E-state index in [1.165, 1.54) is 16.8 Å². The van der Waals surface area contributed by atoms with E-state index in [4.69, 9.17) is 5.73 Å². The number of alkyl halides is 3. The molecule has 0 unspecified atom stereocenters. The number of anilines is 2. The van der Waals surface area contributed by atoms with Crippen molar-refractivity contribution in [2.45, 2.75) is 20.0 Å². The van der Waals surface area contributed by atoms with E-state index in [0.717, 1.165) is 12.1 Å². The molecular formula is C13H16F3N5. The van der Waals surface area contributed by atoms with Gasteiger partial charge in [-0.2, -0.15) is 22.8 Å². The molecular weight excluding hydrogens is 283 g/mol. The molecule has 1 aromatic heterocycles. The average Bonchev–Trinajstić information content (AvgIpc) is 2.81. The minimum atomic E-state index is -4.36. The van der Waals surface area contributed by atoms with Crippen molar-refractivity contribution in [2.24, 2.45) is 0 Å². The van der Waals surface area contributed by atoms with Crippen LogP contribution in [0.25, 0.3) is 5.69 Å². The van der Waals surface area contributed by atoms with E-state index in [1.807, 2.05) is 18.7 Å². The summed E-state index contributed by atoms with van der Waals surface area (Å²) in [7, 11) is 0.